The third-order valence-corrected chi connectivity index (χ3v) is 14.5. The van der Waals surface area contributed by atoms with E-state index < -0.39 is 11.6 Å². The predicted molar refractivity (Wildman–Crippen MR) is 172 cm³/mol. The Hall–Kier alpha value is -1.67. The normalized spacial score (nSPS) is 45.5. The van der Waals surface area contributed by atoms with Gasteiger partial charge in [-0.1, -0.05) is 34.6 Å². The van der Waals surface area contributed by atoms with Crippen molar-refractivity contribution in [3.05, 3.63) is 0 Å². The molecular formula is C37H61NO7. The molecule has 0 aromatic carbocycles. The summed E-state index contributed by atoms with van der Waals surface area (Å²) in [5, 5.41) is 13.5. The minimum atomic E-state index is -0.895. The second-order valence-electron chi connectivity index (χ2n) is 17.6. The third kappa shape index (κ3) is 5.55. The second kappa shape index (κ2) is 11.5. The average Bonchev–Trinajstić information content (AvgIpc) is 3.49. The maximum absolute atomic E-state index is 12.8. The minimum absolute atomic E-state index is 0.0107. The third-order valence-electron chi connectivity index (χ3n) is 14.5. The molecule has 1 amide bonds. The van der Waals surface area contributed by atoms with Crippen molar-refractivity contribution in [2.75, 3.05) is 6.54 Å². The number of carbonyl (C=O) groups excluding carboxylic acids is 3. The van der Waals surface area contributed by atoms with Crippen LogP contribution in [0.1, 0.15) is 133 Å². The number of hydrogen-bond donors (Lipinski definition) is 2. The quantitative estimate of drug-likeness (QED) is 0.249. The zero-order chi connectivity index (χ0) is 33.4. The molecule has 4 aliphatic carbocycles. The monoisotopic (exact) mass is 631 g/mol. The molecule has 0 spiro atoms. The molecule has 8 heteroatoms. The van der Waals surface area contributed by atoms with Gasteiger partial charge in [0.15, 0.2) is 0 Å². The Morgan fingerprint density at radius 2 is 1.56 bits per heavy atom. The summed E-state index contributed by atoms with van der Waals surface area (Å²) in [5.74, 6) is 0.158. The lowest BCUT2D eigenvalue weighted by Crippen LogP contribution is -2.67. The van der Waals surface area contributed by atoms with Gasteiger partial charge in [-0.05, 0) is 119 Å². The average molecular weight is 632 g/mol. The Balaban J connectivity index is 1.44. The Morgan fingerprint density at radius 3 is 2.16 bits per heavy atom. The van der Waals surface area contributed by atoms with Crippen LogP contribution >= 0.6 is 0 Å². The van der Waals surface area contributed by atoms with Gasteiger partial charge in [-0.15, -0.1) is 0 Å². The number of fused-ring (bicyclic) bond motifs is 5. The van der Waals surface area contributed by atoms with Gasteiger partial charge in [0.2, 0.25) is 5.91 Å². The van der Waals surface area contributed by atoms with Crippen LogP contribution in [0.4, 0.5) is 0 Å². The summed E-state index contributed by atoms with van der Waals surface area (Å²) in [6.07, 6.45) is 7.65. The zero-order valence-corrected chi connectivity index (χ0v) is 29.7. The second-order valence-corrected chi connectivity index (χ2v) is 17.6. The van der Waals surface area contributed by atoms with Gasteiger partial charge in [-0.25, -0.2) is 0 Å². The summed E-state index contributed by atoms with van der Waals surface area (Å²) >= 11 is 0. The molecule has 5 rings (SSSR count). The van der Waals surface area contributed by atoms with Gasteiger partial charge in [-0.2, -0.15) is 0 Å². The first-order valence-corrected chi connectivity index (χ1v) is 17.8. The van der Waals surface area contributed by atoms with Crippen molar-refractivity contribution in [3.8, 4) is 0 Å². The van der Waals surface area contributed by atoms with Crippen LogP contribution in [0.25, 0.3) is 0 Å². The summed E-state index contributed by atoms with van der Waals surface area (Å²) in [6, 6.07) is 0. The van der Waals surface area contributed by atoms with Gasteiger partial charge in [0.1, 0.15) is 18.6 Å². The van der Waals surface area contributed by atoms with Crippen LogP contribution in [0, 0.1) is 45.3 Å². The highest BCUT2D eigenvalue weighted by Gasteiger charge is 2.72. The highest BCUT2D eigenvalue weighted by molar-refractivity contribution is 5.94. The van der Waals surface area contributed by atoms with Crippen molar-refractivity contribution in [1.29, 1.82) is 0 Å². The highest BCUT2D eigenvalue weighted by atomic mass is 16.6. The fraction of sp³-hybridized carbons (Fsp3) is 0.919. The molecule has 256 valence electrons. The largest absolute Gasteiger partial charge is 0.462 e. The Labute approximate surface area is 271 Å². The van der Waals surface area contributed by atoms with Gasteiger partial charge in [-0.3, -0.25) is 14.4 Å². The molecule has 1 heterocycles. The number of carbonyl (C=O) groups is 3. The Kier molecular flexibility index (Phi) is 8.85. The first kappa shape index (κ1) is 34.7. The standard InChI is InChI=1S/C37H61NO7/c1-11-38-29(40)21-30(41)44-27-14-16-34(7)25(32(27,3)4)13-18-35(8)26(34)20-24(43-22(2)39)31-23(12-17-36(31,35)9)37(10)19-15-28(45-37)33(5,6)42/h23-28,31,42H,11-21H2,1-10H3,(H,38,40)/t23-,24+,25-,26+,27+,28+,31-,34-,35+,36+,37-/m0/s1. The molecule has 0 unspecified atom stereocenters. The van der Waals surface area contributed by atoms with E-state index in [1.165, 1.54) is 0 Å². The molecule has 8 nitrogen and oxygen atoms in total. The van der Waals surface area contributed by atoms with Crippen molar-refractivity contribution in [2.24, 2.45) is 45.3 Å². The van der Waals surface area contributed by atoms with Gasteiger partial charge in [0.05, 0.1) is 17.3 Å². The maximum Gasteiger partial charge on any atom is 0.315 e. The van der Waals surface area contributed by atoms with Crippen LogP contribution in [0.15, 0.2) is 0 Å². The molecule has 45 heavy (non-hydrogen) atoms. The van der Waals surface area contributed by atoms with Crippen LogP contribution in [0.2, 0.25) is 0 Å². The summed E-state index contributed by atoms with van der Waals surface area (Å²) in [5.41, 5.74) is -1.51. The first-order chi connectivity index (χ1) is 20.7. The van der Waals surface area contributed by atoms with Crippen LogP contribution in [-0.2, 0) is 28.6 Å². The highest BCUT2D eigenvalue weighted by Crippen LogP contribution is 2.76. The number of amides is 1. The van der Waals surface area contributed by atoms with E-state index in [9.17, 15) is 19.5 Å². The lowest BCUT2D eigenvalue weighted by atomic mass is 9.35. The molecule has 11 atom stereocenters. The van der Waals surface area contributed by atoms with Crippen LogP contribution < -0.4 is 5.32 Å². The molecule has 0 aromatic rings. The summed E-state index contributed by atoms with van der Waals surface area (Å²) < 4.78 is 19.2. The SMILES string of the molecule is CCNC(=O)CC(=O)O[C@@H]1CC[C@]2(C)[C@H]3C[C@@H](OC(C)=O)[C@@H]4[C@@H]([C@]5(C)CC[C@H](C(C)(C)O)O5)CC[C@@]4(C)[C@]3(C)CC[C@H]2C1(C)C. The van der Waals surface area contributed by atoms with E-state index in [1.54, 1.807) is 6.92 Å². The van der Waals surface area contributed by atoms with E-state index >= 15 is 0 Å². The summed E-state index contributed by atoms with van der Waals surface area (Å²) in [6.45, 7) is 21.8. The fourth-order valence-corrected chi connectivity index (χ4v) is 12.2. The van der Waals surface area contributed by atoms with Crippen molar-refractivity contribution in [3.63, 3.8) is 0 Å². The molecule has 0 aromatic heterocycles. The van der Waals surface area contributed by atoms with E-state index in [-0.39, 0.29) is 75.7 Å². The van der Waals surface area contributed by atoms with E-state index in [0.717, 1.165) is 57.8 Å². The number of esters is 2. The van der Waals surface area contributed by atoms with Crippen LogP contribution in [-0.4, -0.2) is 59.0 Å². The number of rotatable bonds is 7. The number of ether oxygens (including phenoxy) is 3. The lowest BCUT2D eigenvalue weighted by Gasteiger charge is -2.70. The van der Waals surface area contributed by atoms with Gasteiger partial charge in [0, 0.05) is 24.8 Å². The molecule has 1 saturated heterocycles. The molecule has 0 radical (unpaired) electrons. The summed E-state index contributed by atoms with van der Waals surface area (Å²) in [7, 11) is 0. The van der Waals surface area contributed by atoms with E-state index in [1.807, 2.05) is 20.8 Å². The zero-order valence-electron chi connectivity index (χ0n) is 29.7. The minimum Gasteiger partial charge on any atom is -0.462 e. The van der Waals surface area contributed by atoms with Crippen LogP contribution in [0.5, 0.6) is 0 Å². The molecule has 2 N–H and O–H groups in total. The van der Waals surface area contributed by atoms with E-state index in [0.29, 0.717) is 18.4 Å². The molecule has 5 aliphatic rings. The fourth-order valence-electron chi connectivity index (χ4n) is 12.2. The maximum atomic E-state index is 12.8. The van der Waals surface area contributed by atoms with Crippen molar-refractivity contribution in [2.45, 2.75) is 163 Å². The molecule has 4 saturated carbocycles. The van der Waals surface area contributed by atoms with Crippen molar-refractivity contribution < 1.29 is 33.7 Å². The van der Waals surface area contributed by atoms with Crippen LogP contribution in [0.3, 0.4) is 0 Å². The topological polar surface area (TPSA) is 111 Å². The van der Waals surface area contributed by atoms with Gasteiger partial charge < -0.3 is 24.6 Å². The van der Waals surface area contributed by atoms with E-state index in [2.05, 4.69) is 46.9 Å². The van der Waals surface area contributed by atoms with Crippen molar-refractivity contribution in [1.82, 2.24) is 5.32 Å². The molecule has 0 bridgehead atoms. The Bertz CT molecular complexity index is 1180. The number of aliphatic hydroxyl groups is 1. The molecule has 1 aliphatic heterocycles. The predicted octanol–water partition coefficient (Wildman–Crippen LogP) is 6.36. The molecular weight excluding hydrogens is 570 g/mol. The van der Waals surface area contributed by atoms with E-state index in [4.69, 9.17) is 14.2 Å². The summed E-state index contributed by atoms with van der Waals surface area (Å²) in [4.78, 5) is 37.6. The van der Waals surface area contributed by atoms with Gasteiger partial charge >= 0.3 is 11.9 Å². The Morgan fingerprint density at radius 1 is 0.889 bits per heavy atom. The molecule has 5 fully saturated rings. The number of nitrogens with one attached hydrogen (secondary N) is 1. The lowest BCUT2D eigenvalue weighted by molar-refractivity contribution is -0.254. The first-order valence-electron chi connectivity index (χ1n) is 17.8. The van der Waals surface area contributed by atoms with Gasteiger partial charge in [0.25, 0.3) is 0 Å². The smallest absolute Gasteiger partial charge is 0.315 e. The number of hydrogen-bond acceptors (Lipinski definition) is 7. The van der Waals surface area contributed by atoms with Crippen molar-refractivity contribution >= 4 is 17.8 Å².